The number of ether oxygens (including phenoxy) is 1. The van der Waals surface area contributed by atoms with Crippen LogP contribution in [0.3, 0.4) is 0 Å². The number of hydrogen-bond acceptors (Lipinski definition) is 2. The largest absolute Gasteiger partial charge is 0.383 e. The fourth-order valence-electron chi connectivity index (χ4n) is 2.31. The second-order valence-electron chi connectivity index (χ2n) is 4.20. The summed E-state index contributed by atoms with van der Waals surface area (Å²) in [5.41, 5.74) is 1.13. The Labute approximate surface area is 106 Å². The van der Waals surface area contributed by atoms with Crippen LogP contribution in [0.5, 0.6) is 0 Å². The molecular weight excluding hydrogens is 247 g/mol. The Morgan fingerprint density at radius 1 is 1.56 bits per heavy atom. The molecule has 0 aromatic carbocycles. The van der Waals surface area contributed by atoms with Gasteiger partial charge in [0.2, 0.25) is 0 Å². The predicted molar refractivity (Wildman–Crippen MR) is 65.3 cm³/mol. The van der Waals surface area contributed by atoms with Crippen molar-refractivity contribution in [3.8, 4) is 0 Å². The fourth-order valence-corrected chi connectivity index (χ4v) is 2.95. The van der Waals surface area contributed by atoms with Gasteiger partial charge in [0.25, 0.3) is 0 Å². The van der Waals surface area contributed by atoms with Crippen LogP contribution in [-0.2, 0) is 11.3 Å². The fraction of sp³-hybridized carbons (Fsp3) is 0.727. The van der Waals surface area contributed by atoms with Crippen molar-refractivity contribution in [1.82, 2.24) is 9.78 Å². The van der Waals surface area contributed by atoms with E-state index in [4.69, 9.17) is 27.9 Å². The van der Waals surface area contributed by atoms with Gasteiger partial charge in [0.1, 0.15) is 0 Å². The summed E-state index contributed by atoms with van der Waals surface area (Å²) in [6.45, 7) is 1.41. The quantitative estimate of drug-likeness (QED) is 0.780. The highest BCUT2D eigenvalue weighted by molar-refractivity contribution is 6.31. The maximum atomic E-state index is 6.18. The average Bonchev–Trinajstić information content (AvgIpc) is 2.82. The number of methoxy groups -OCH3 is 1. The van der Waals surface area contributed by atoms with Crippen molar-refractivity contribution in [3.63, 3.8) is 0 Å². The molecule has 1 aliphatic rings. The second kappa shape index (κ2) is 5.39. The molecule has 3 nitrogen and oxygen atoms in total. The van der Waals surface area contributed by atoms with Crippen LogP contribution in [0.4, 0.5) is 0 Å². The van der Waals surface area contributed by atoms with E-state index in [-0.39, 0.29) is 5.38 Å². The van der Waals surface area contributed by atoms with Crippen LogP contribution in [-0.4, -0.2) is 28.9 Å². The molecule has 16 heavy (non-hydrogen) atoms. The molecule has 90 valence electrons. The predicted octanol–water partition coefficient (Wildman–Crippen LogP) is 3.06. The molecule has 1 saturated carbocycles. The van der Waals surface area contributed by atoms with E-state index in [1.807, 2.05) is 4.68 Å². The minimum absolute atomic E-state index is 0.284. The number of hydrogen-bond donors (Lipinski definition) is 0. The Balaban J connectivity index is 2.14. The number of rotatable bonds is 4. The molecule has 0 bridgehead atoms. The molecule has 2 atom stereocenters. The van der Waals surface area contributed by atoms with Gasteiger partial charge in [0.15, 0.2) is 0 Å². The molecule has 0 amide bonds. The van der Waals surface area contributed by atoms with E-state index in [9.17, 15) is 0 Å². The van der Waals surface area contributed by atoms with Crippen LogP contribution in [0.1, 0.15) is 30.9 Å². The SMILES string of the molecule is COCCn1ncc(Cl)c1C1CCC(Cl)C1. The summed E-state index contributed by atoms with van der Waals surface area (Å²) >= 11 is 12.3. The number of halogens is 2. The van der Waals surface area contributed by atoms with Gasteiger partial charge < -0.3 is 4.74 Å². The van der Waals surface area contributed by atoms with E-state index in [2.05, 4.69) is 5.10 Å². The first-order chi connectivity index (χ1) is 7.72. The zero-order chi connectivity index (χ0) is 11.5. The molecule has 1 heterocycles. The summed E-state index contributed by atoms with van der Waals surface area (Å²) in [4.78, 5) is 0. The van der Waals surface area contributed by atoms with Crippen LogP contribution >= 0.6 is 23.2 Å². The lowest BCUT2D eigenvalue weighted by Gasteiger charge is -2.13. The highest BCUT2D eigenvalue weighted by atomic mass is 35.5. The first-order valence-electron chi connectivity index (χ1n) is 5.56. The van der Waals surface area contributed by atoms with E-state index in [1.165, 1.54) is 0 Å². The molecule has 1 aromatic heterocycles. The van der Waals surface area contributed by atoms with Gasteiger partial charge in [-0.15, -0.1) is 11.6 Å². The Kier molecular flexibility index (Phi) is 4.11. The van der Waals surface area contributed by atoms with Crippen molar-refractivity contribution in [2.45, 2.75) is 37.1 Å². The first kappa shape index (κ1) is 12.2. The van der Waals surface area contributed by atoms with Crippen molar-refractivity contribution >= 4 is 23.2 Å². The third-order valence-electron chi connectivity index (χ3n) is 3.10. The zero-order valence-corrected chi connectivity index (χ0v) is 10.8. The number of alkyl halides is 1. The smallest absolute Gasteiger partial charge is 0.0820 e. The molecule has 2 rings (SSSR count). The summed E-state index contributed by atoms with van der Waals surface area (Å²) in [6.07, 6.45) is 4.89. The summed E-state index contributed by atoms with van der Waals surface area (Å²) in [7, 11) is 1.69. The van der Waals surface area contributed by atoms with Crippen molar-refractivity contribution in [3.05, 3.63) is 16.9 Å². The van der Waals surface area contributed by atoms with Gasteiger partial charge in [-0.1, -0.05) is 11.6 Å². The molecule has 0 saturated heterocycles. The normalized spacial score (nSPS) is 25.2. The Hall–Kier alpha value is -0.250. The van der Waals surface area contributed by atoms with E-state index in [0.29, 0.717) is 12.5 Å². The van der Waals surface area contributed by atoms with Crippen molar-refractivity contribution < 1.29 is 4.74 Å². The maximum Gasteiger partial charge on any atom is 0.0820 e. The highest BCUT2D eigenvalue weighted by Gasteiger charge is 2.28. The van der Waals surface area contributed by atoms with E-state index >= 15 is 0 Å². The molecule has 1 aromatic rings. The molecule has 0 aliphatic heterocycles. The Morgan fingerprint density at radius 2 is 2.38 bits per heavy atom. The molecule has 5 heteroatoms. The monoisotopic (exact) mass is 262 g/mol. The molecule has 0 spiro atoms. The third-order valence-corrected chi connectivity index (χ3v) is 3.78. The second-order valence-corrected chi connectivity index (χ2v) is 5.23. The molecular formula is C11H16Cl2N2O. The van der Waals surface area contributed by atoms with Crippen LogP contribution in [0.2, 0.25) is 5.02 Å². The molecule has 1 aliphatic carbocycles. The van der Waals surface area contributed by atoms with Gasteiger partial charge in [-0.05, 0) is 19.3 Å². The van der Waals surface area contributed by atoms with Crippen LogP contribution in [0, 0.1) is 0 Å². The van der Waals surface area contributed by atoms with E-state index in [1.54, 1.807) is 13.3 Å². The van der Waals surface area contributed by atoms with Crippen LogP contribution < -0.4 is 0 Å². The Morgan fingerprint density at radius 3 is 3.00 bits per heavy atom. The van der Waals surface area contributed by atoms with Gasteiger partial charge in [0, 0.05) is 18.4 Å². The average molecular weight is 263 g/mol. The van der Waals surface area contributed by atoms with Crippen molar-refractivity contribution in [1.29, 1.82) is 0 Å². The maximum absolute atomic E-state index is 6.18. The highest BCUT2D eigenvalue weighted by Crippen LogP contribution is 2.39. The standard InChI is InChI=1S/C11H16Cl2N2O/c1-16-5-4-15-11(10(13)7-14-15)8-2-3-9(12)6-8/h7-9H,2-6H2,1H3. The lowest BCUT2D eigenvalue weighted by molar-refractivity contribution is 0.182. The summed E-state index contributed by atoms with van der Waals surface area (Å²) in [5, 5.41) is 5.32. The van der Waals surface area contributed by atoms with Gasteiger partial charge >= 0.3 is 0 Å². The van der Waals surface area contributed by atoms with E-state index in [0.717, 1.165) is 36.5 Å². The van der Waals surface area contributed by atoms with Gasteiger partial charge in [-0.3, -0.25) is 4.68 Å². The lowest BCUT2D eigenvalue weighted by atomic mass is 10.0. The van der Waals surface area contributed by atoms with Gasteiger partial charge in [0.05, 0.1) is 30.1 Å². The molecule has 1 fully saturated rings. The minimum atomic E-state index is 0.284. The molecule has 0 radical (unpaired) electrons. The van der Waals surface area contributed by atoms with E-state index < -0.39 is 0 Å². The summed E-state index contributed by atoms with van der Waals surface area (Å²) in [6, 6.07) is 0. The van der Waals surface area contributed by atoms with Gasteiger partial charge in [-0.2, -0.15) is 5.10 Å². The van der Waals surface area contributed by atoms with Crippen molar-refractivity contribution in [2.75, 3.05) is 13.7 Å². The topological polar surface area (TPSA) is 27.1 Å². The number of nitrogens with zero attached hydrogens (tertiary/aromatic N) is 2. The minimum Gasteiger partial charge on any atom is -0.383 e. The first-order valence-corrected chi connectivity index (χ1v) is 6.38. The van der Waals surface area contributed by atoms with Crippen LogP contribution in [0.25, 0.3) is 0 Å². The third kappa shape index (κ3) is 2.53. The summed E-state index contributed by atoms with van der Waals surface area (Å²) < 4.78 is 7.01. The molecule has 2 unspecified atom stereocenters. The Bertz CT molecular complexity index is 354. The van der Waals surface area contributed by atoms with Crippen LogP contribution in [0.15, 0.2) is 6.20 Å². The molecule has 0 N–H and O–H groups in total. The van der Waals surface area contributed by atoms with Gasteiger partial charge in [-0.25, -0.2) is 0 Å². The lowest BCUT2D eigenvalue weighted by Crippen LogP contribution is -2.12. The zero-order valence-electron chi connectivity index (χ0n) is 9.33. The number of aromatic nitrogens is 2. The summed E-state index contributed by atoms with van der Waals surface area (Å²) in [5.74, 6) is 0.453. The van der Waals surface area contributed by atoms with Crippen molar-refractivity contribution in [2.24, 2.45) is 0 Å².